The van der Waals surface area contributed by atoms with Crippen LogP contribution in [0.1, 0.15) is 24.0 Å². The molecular formula is C16H23NO3. The molecule has 1 N–H and O–H groups in total. The van der Waals surface area contributed by atoms with Gasteiger partial charge in [-0.1, -0.05) is 0 Å². The second kappa shape index (κ2) is 5.62. The number of aliphatic hydroxyl groups excluding tert-OH is 1. The van der Waals surface area contributed by atoms with Gasteiger partial charge in [-0.2, -0.15) is 0 Å². The molecule has 0 amide bonds. The first-order valence-electron chi connectivity index (χ1n) is 7.39. The summed E-state index contributed by atoms with van der Waals surface area (Å²) < 4.78 is 10.9. The molecule has 1 aromatic rings. The normalized spacial score (nSPS) is 26.4. The van der Waals surface area contributed by atoms with E-state index in [0.717, 1.165) is 36.6 Å². The lowest BCUT2D eigenvalue weighted by molar-refractivity contribution is 0.0542. The summed E-state index contributed by atoms with van der Waals surface area (Å²) in [6.45, 7) is 2.20. The summed E-state index contributed by atoms with van der Waals surface area (Å²) in [5, 5.41) is 10.5. The van der Waals surface area contributed by atoms with Crippen LogP contribution < -0.4 is 9.47 Å². The van der Waals surface area contributed by atoms with Gasteiger partial charge in [-0.25, -0.2) is 0 Å². The first-order valence-corrected chi connectivity index (χ1v) is 7.39. The lowest BCUT2D eigenvalue weighted by Gasteiger charge is -2.37. The van der Waals surface area contributed by atoms with Gasteiger partial charge in [0.25, 0.3) is 0 Å². The Kier molecular flexibility index (Phi) is 3.85. The van der Waals surface area contributed by atoms with E-state index in [1.165, 1.54) is 18.4 Å². The number of ether oxygens (including phenoxy) is 2. The van der Waals surface area contributed by atoms with Crippen LogP contribution in [0.5, 0.6) is 11.5 Å². The zero-order chi connectivity index (χ0) is 14.1. The molecule has 1 aromatic carbocycles. The zero-order valence-electron chi connectivity index (χ0n) is 12.3. The fraction of sp³-hybridized carbons (Fsp3) is 0.625. The van der Waals surface area contributed by atoms with Crippen molar-refractivity contribution in [3.05, 3.63) is 23.3 Å². The quantitative estimate of drug-likeness (QED) is 0.912. The Morgan fingerprint density at radius 1 is 1.00 bits per heavy atom. The Morgan fingerprint density at radius 3 is 2.10 bits per heavy atom. The molecule has 3 rings (SSSR count). The van der Waals surface area contributed by atoms with E-state index >= 15 is 0 Å². The van der Waals surface area contributed by atoms with Gasteiger partial charge in [0.2, 0.25) is 0 Å². The minimum atomic E-state index is -0.318. The molecule has 1 saturated heterocycles. The fourth-order valence-corrected chi connectivity index (χ4v) is 3.62. The molecule has 0 unspecified atom stereocenters. The SMILES string of the molecule is COc1ccc(OC)c2c1C[C@H](O)[C@@H](N1CCCC1)C2. The van der Waals surface area contributed by atoms with Crippen molar-refractivity contribution < 1.29 is 14.6 Å². The number of nitrogens with zero attached hydrogens (tertiary/aromatic N) is 1. The number of methoxy groups -OCH3 is 2. The predicted molar refractivity (Wildman–Crippen MR) is 77.6 cm³/mol. The van der Waals surface area contributed by atoms with Crippen LogP contribution in [0.15, 0.2) is 12.1 Å². The predicted octanol–water partition coefficient (Wildman–Crippen LogP) is 1.63. The highest BCUT2D eigenvalue weighted by Gasteiger charge is 2.35. The molecule has 0 bridgehead atoms. The van der Waals surface area contributed by atoms with E-state index < -0.39 is 0 Å². The van der Waals surface area contributed by atoms with Gasteiger partial charge in [-0.15, -0.1) is 0 Å². The number of rotatable bonds is 3. The van der Waals surface area contributed by atoms with Gasteiger partial charge < -0.3 is 14.6 Å². The molecule has 1 aliphatic heterocycles. The van der Waals surface area contributed by atoms with E-state index in [4.69, 9.17) is 9.47 Å². The Morgan fingerprint density at radius 2 is 1.55 bits per heavy atom. The summed E-state index contributed by atoms with van der Waals surface area (Å²) in [4.78, 5) is 2.42. The highest BCUT2D eigenvalue weighted by Crippen LogP contribution is 2.37. The van der Waals surface area contributed by atoms with E-state index in [-0.39, 0.29) is 12.1 Å². The molecule has 20 heavy (non-hydrogen) atoms. The third kappa shape index (κ3) is 2.27. The molecule has 0 spiro atoms. The summed E-state index contributed by atoms with van der Waals surface area (Å²) in [6.07, 6.45) is 3.66. The lowest BCUT2D eigenvalue weighted by Crippen LogP contribution is -2.47. The molecule has 4 nitrogen and oxygen atoms in total. The topological polar surface area (TPSA) is 41.9 Å². The molecule has 0 radical (unpaired) electrons. The van der Waals surface area contributed by atoms with Crippen molar-refractivity contribution in [1.82, 2.24) is 4.90 Å². The lowest BCUT2D eigenvalue weighted by atomic mass is 9.84. The minimum absolute atomic E-state index is 0.214. The average molecular weight is 277 g/mol. The molecule has 0 aromatic heterocycles. The Balaban J connectivity index is 1.95. The van der Waals surface area contributed by atoms with Crippen LogP contribution in [0.4, 0.5) is 0 Å². The van der Waals surface area contributed by atoms with Crippen molar-refractivity contribution in [2.45, 2.75) is 37.8 Å². The molecule has 1 heterocycles. The molecule has 110 valence electrons. The van der Waals surface area contributed by atoms with Gasteiger partial charge in [0.1, 0.15) is 11.5 Å². The number of hydrogen-bond acceptors (Lipinski definition) is 4. The second-order valence-corrected chi connectivity index (χ2v) is 5.71. The van der Waals surface area contributed by atoms with Gasteiger partial charge in [0.15, 0.2) is 0 Å². The van der Waals surface area contributed by atoms with Crippen molar-refractivity contribution >= 4 is 0 Å². The van der Waals surface area contributed by atoms with Gasteiger partial charge in [-0.05, 0) is 44.5 Å². The van der Waals surface area contributed by atoms with Crippen molar-refractivity contribution in [2.75, 3.05) is 27.3 Å². The summed E-state index contributed by atoms with van der Waals surface area (Å²) in [6, 6.07) is 4.11. The van der Waals surface area contributed by atoms with Crippen LogP contribution in [-0.2, 0) is 12.8 Å². The third-order valence-corrected chi connectivity index (χ3v) is 4.67. The van der Waals surface area contributed by atoms with Gasteiger partial charge in [0, 0.05) is 23.6 Å². The van der Waals surface area contributed by atoms with Crippen LogP contribution in [-0.4, -0.2) is 49.5 Å². The Hall–Kier alpha value is -1.26. The highest BCUT2D eigenvalue weighted by atomic mass is 16.5. The maximum Gasteiger partial charge on any atom is 0.122 e. The van der Waals surface area contributed by atoms with E-state index in [1.807, 2.05) is 12.1 Å². The van der Waals surface area contributed by atoms with E-state index in [0.29, 0.717) is 6.42 Å². The van der Waals surface area contributed by atoms with Gasteiger partial charge in [-0.3, -0.25) is 4.90 Å². The molecule has 2 atom stereocenters. The van der Waals surface area contributed by atoms with Crippen molar-refractivity contribution in [3.63, 3.8) is 0 Å². The van der Waals surface area contributed by atoms with Crippen LogP contribution >= 0.6 is 0 Å². The largest absolute Gasteiger partial charge is 0.496 e. The van der Waals surface area contributed by atoms with Crippen molar-refractivity contribution in [3.8, 4) is 11.5 Å². The first-order chi connectivity index (χ1) is 9.74. The molecule has 2 aliphatic rings. The summed E-state index contributed by atoms with van der Waals surface area (Å²) in [7, 11) is 3.39. The first kappa shape index (κ1) is 13.7. The molecule has 1 fully saturated rings. The molecule has 0 saturated carbocycles. The number of fused-ring (bicyclic) bond motifs is 1. The number of aliphatic hydroxyl groups is 1. The fourth-order valence-electron chi connectivity index (χ4n) is 3.62. The smallest absolute Gasteiger partial charge is 0.122 e. The maximum atomic E-state index is 10.5. The number of benzene rings is 1. The average Bonchev–Trinajstić information content (AvgIpc) is 2.99. The minimum Gasteiger partial charge on any atom is -0.496 e. The standard InChI is InChI=1S/C16H23NO3/c1-19-15-5-6-16(20-2)12-10-14(18)13(9-11(12)15)17-7-3-4-8-17/h5-6,13-14,18H,3-4,7-10H2,1-2H3/t13-,14-/m0/s1. The third-order valence-electron chi connectivity index (χ3n) is 4.67. The van der Waals surface area contributed by atoms with E-state index in [1.54, 1.807) is 14.2 Å². The highest BCUT2D eigenvalue weighted by molar-refractivity contribution is 5.51. The Labute approximate surface area is 120 Å². The maximum absolute atomic E-state index is 10.5. The van der Waals surface area contributed by atoms with Crippen molar-refractivity contribution in [1.29, 1.82) is 0 Å². The molecule has 4 heteroatoms. The summed E-state index contributed by atoms with van der Waals surface area (Å²) >= 11 is 0. The van der Waals surface area contributed by atoms with Gasteiger partial charge in [0.05, 0.1) is 20.3 Å². The van der Waals surface area contributed by atoms with Crippen LogP contribution in [0.3, 0.4) is 0 Å². The monoisotopic (exact) mass is 277 g/mol. The Bertz CT molecular complexity index is 483. The number of likely N-dealkylation sites (tertiary alicyclic amines) is 1. The van der Waals surface area contributed by atoms with Gasteiger partial charge >= 0.3 is 0 Å². The van der Waals surface area contributed by atoms with Crippen LogP contribution in [0.2, 0.25) is 0 Å². The molecule has 1 aliphatic carbocycles. The second-order valence-electron chi connectivity index (χ2n) is 5.71. The zero-order valence-corrected chi connectivity index (χ0v) is 12.3. The molecular weight excluding hydrogens is 254 g/mol. The summed E-state index contributed by atoms with van der Waals surface area (Å²) in [5.74, 6) is 1.77. The van der Waals surface area contributed by atoms with E-state index in [2.05, 4.69) is 4.90 Å². The summed E-state index contributed by atoms with van der Waals surface area (Å²) in [5.41, 5.74) is 2.31. The van der Waals surface area contributed by atoms with E-state index in [9.17, 15) is 5.11 Å². The number of hydrogen-bond donors (Lipinski definition) is 1. The van der Waals surface area contributed by atoms with Crippen LogP contribution in [0.25, 0.3) is 0 Å². The van der Waals surface area contributed by atoms with Crippen molar-refractivity contribution in [2.24, 2.45) is 0 Å². The van der Waals surface area contributed by atoms with Crippen LogP contribution in [0, 0.1) is 0 Å².